The molecule has 150 valence electrons. The van der Waals surface area contributed by atoms with Gasteiger partial charge in [0.15, 0.2) is 11.6 Å². The molecule has 1 aliphatic carbocycles. The van der Waals surface area contributed by atoms with Crippen LogP contribution in [0.2, 0.25) is 0 Å². The zero-order valence-electron chi connectivity index (χ0n) is 17.1. The van der Waals surface area contributed by atoms with E-state index in [9.17, 15) is 9.59 Å². The van der Waals surface area contributed by atoms with Gasteiger partial charge in [0.1, 0.15) is 5.75 Å². The molecule has 0 atom stereocenters. The van der Waals surface area contributed by atoms with E-state index < -0.39 is 0 Å². The van der Waals surface area contributed by atoms with Crippen molar-refractivity contribution in [2.45, 2.75) is 25.7 Å². The molecule has 0 unspecified atom stereocenters. The summed E-state index contributed by atoms with van der Waals surface area (Å²) in [5, 5.41) is 0. The Labute approximate surface area is 177 Å². The van der Waals surface area contributed by atoms with E-state index in [0.29, 0.717) is 17.7 Å². The van der Waals surface area contributed by atoms with E-state index in [2.05, 4.69) is 0 Å². The zero-order chi connectivity index (χ0) is 20.9. The maximum Gasteiger partial charge on any atom is 0.189 e. The predicted octanol–water partition coefficient (Wildman–Crippen LogP) is 5.94. The Bertz CT molecular complexity index is 1090. The summed E-state index contributed by atoms with van der Waals surface area (Å²) in [5.74, 6) is 0.752. The van der Waals surface area contributed by atoms with Crippen molar-refractivity contribution in [3.8, 4) is 5.75 Å². The molecule has 0 bridgehead atoms. The number of benzene rings is 3. The minimum Gasteiger partial charge on any atom is -0.497 e. The van der Waals surface area contributed by atoms with Crippen LogP contribution in [-0.2, 0) is 6.42 Å². The summed E-state index contributed by atoms with van der Waals surface area (Å²) in [5.41, 5.74) is 4.99. The Hall–Kier alpha value is -3.46. The minimum absolute atomic E-state index is 0.00524. The number of allylic oxidation sites excluding steroid dienone is 2. The highest BCUT2D eigenvalue weighted by molar-refractivity contribution is 6.16. The third kappa shape index (κ3) is 4.11. The fourth-order valence-corrected chi connectivity index (χ4v) is 4.04. The summed E-state index contributed by atoms with van der Waals surface area (Å²) in [4.78, 5) is 26.6. The van der Waals surface area contributed by atoms with Gasteiger partial charge in [0.25, 0.3) is 0 Å². The topological polar surface area (TPSA) is 43.4 Å². The van der Waals surface area contributed by atoms with E-state index in [-0.39, 0.29) is 18.0 Å². The van der Waals surface area contributed by atoms with Gasteiger partial charge in [0, 0.05) is 23.1 Å². The van der Waals surface area contributed by atoms with Crippen LogP contribution < -0.4 is 4.74 Å². The van der Waals surface area contributed by atoms with Gasteiger partial charge in [-0.2, -0.15) is 0 Å². The molecule has 0 fully saturated rings. The molecule has 1 aliphatic rings. The monoisotopic (exact) mass is 396 g/mol. The molecule has 3 aromatic carbocycles. The van der Waals surface area contributed by atoms with Crippen molar-refractivity contribution in [3.63, 3.8) is 0 Å². The highest BCUT2D eigenvalue weighted by atomic mass is 16.5. The van der Waals surface area contributed by atoms with E-state index >= 15 is 0 Å². The molecule has 0 amide bonds. The van der Waals surface area contributed by atoms with Crippen molar-refractivity contribution in [1.82, 2.24) is 0 Å². The maximum atomic E-state index is 13.5. The largest absolute Gasteiger partial charge is 0.497 e. The van der Waals surface area contributed by atoms with Gasteiger partial charge in [-0.05, 0) is 60.2 Å². The number of methoxy groups -OCH3 is 1. The lowest BCUT2D eigenvalue weighted by molar-refractivity contribution is 0.0998. The highest BCUT2D eigenvalue weighted by Crippen LogP contribution is 2.33. The maximum absolute atomic E-state index is 13.5. The lowest BCUT2D eigenvalue weighted by Gasteiger charge is -2.14. The number of ketones is 2. The molecule has 4 rings (SSSR count). The molecule has 0 aliphatic heterocycles. The lowest BCUT2D eigenvalue weighted by atomic mass is 9.88. The minimum atomic E-state index is -0.00524. The van der Waals surface area contributed by atoms with E-state index in [1.807, 2.05) is 54.6 Å². The van der Waals surface area contributed by atoms with Crippen LogP contribution in [0.1, 0.15) is 51.1 Å². The Morgan fingerprint density at radius 2 is 1.53 bits per heavy atom. The van der Waals surface area contributed by atoms with Gasteiger partial charge in [-0.15, -0.1) is 0 Å². The first-order valence-corrected chi connectivity index (χ1v) is 10.2. The number of carbonyl (C=O) groups is 2. The number of hydrogen-bond donors (Lipinski definition) is 0. The summed E-state index contributed by atoms with van der Waals surface area (Å²) >= 11 is 0. The molecule has 3 heteroatoms. The van der Waals surface area contributed by atoms with E-state index in [1.54, 1.807) is 31.4 Å². The first-order chi connectivity index (χ1) is 14.7. The van der Waals surface area contributed by atoms with Crippen molar-refractivity contribution in [2.24, 2.45) is 0 Å². The van der Waals surface area contributed by atoms with Crippen LogP contribution in [0.15, 0.2) is 84.4 Å². The number of Topliss-reactive ketones (excluding diaryl/α,β-unsaturated/α-hetero) is 2. The molecule has 0 aromatic heterocycles. The quantitative estimate of drug-likeness (QED) is 0.304. The average molecular weight is 396 g/mol. The SMILES string of the molecule is COc1ccc(C(=O)C/C(=C2/CCCc3ccccc3C2=O)c2ccccc2)cc1. The van der Waals surface area contributed by atoms with Crippen LogP contribution in [-0.4, -0.2) is 18.7 Å². The summed E-state index contributed by atoms with van der Waals surface area (Å²) in [6.45, 7) is 0. The normalized spacial score (nSPS) is 15.2. The fraction of sp³-hybridized carbons (Fsp3) is 0.185. The zero-order valence-corrected chi connectivity index (χ0v) is 17.1. The first kappa shape index (κ1) is 19.8. The standard InChI is InChI=1S/C27H24O3/c1-30-22-16-14-21(15-17-22)26(28)18-25(20-8-3-2-4-9-20)24-13-7-11-19-10-5-6-12-23(19)27(24)29/h2-6,8-10,12,14-17H,7,11,13,18H2,1H3/b25-24+. The number of aryl methyl sites for hydroxylation is 1. The number of ether oxygens (including phenoxy) is 1. The third-order valence-corrected chi connectivity index (χ3v) is 5.64. The molecule has 0 saturated carbocycles. The number of carbonyl (C=O) groups excluding carboxylic acids is 2. The van der Waals surface area contributed by atoms with E-state index in [0.717, 1.165) is 40.7 Å². The van der Waals surface area contributed by atoms with Gasteiger partial charge >= 0.3 is 0 Å². The van der Waals surface area contributed by atoms with Gasteiger partial charge in [0.05, 0.1) is 7.11 Å². The van der Waals surface area contributed by atoms with Crippen LogP contribution in [0.4, 0.5) is 0 Å². The number of rotatable bonds is 5. The number of fused-ring (bicyclic) bond motifs is 1. The Morgan fingerprint density at radius 3 is 2.27 bits per heavy atom. The Balaban J connectivity index is 1.76. The molecule has 0 saturated heterocycles. The molecular weight excluding hydrogens is 372 g/mol. The van der Waals surface area contributed by atoms with Crippen LogP contribution in [0.3, 0.4) is 0 Å². The lowest BCUT2D eigenvalue weighted by Crippen LogP contribution is -2.09. The molecule has 3 aromatic rings. The van der Waals surface area contributed by atoms with Crippen molar-refractivity contribution in [2.75, 3.05) is 7.11 Å². The molecule has 0 radical (unpaired) electrons. The molecular formula is C27H24O3. The van der Waals surface area contributed by atoms with Crippen LogP contribution in [0.25, 0.3) is 5.57 Å². The van der Waals surface area contributed by atoms with Crippen molar-refractivity contribution < 1.29 is 14.3 Å². The first-order valence-electron chi connectivity index (χ1n) is 10.2. The molecule has 0 heterocycles. The fourth-order valence-electron chi connectivity index (χ4n) is 4.04. The summed E-state index contributed by atoms with van der Waals surface area (Å²) in [6.07, 6.45) is 2.64. The molecule has 3 nitrogen and oxygen atoms in total. The van der Waals surface area contributed by atoms with Crippen molar-refractivity contribution >= 4 is 17.1 Å². The Morgan fingerprint density at radius 1 is 0.833 bits per heavy atom. The van der Waals surface area contributed by atoms with Gasteiger partial charge in [-0.1, -0.05) is 54.6 Å². The molecule has 30 heavy (non-hydrogen) atoms. The van der Waals surface area contributed by atoms with Gasteiger partial charge in [-0.25, -0.2) is 0 Å². The molecule has 0 spiro atoms. The number of hydrogen-bond acceptors (Lipinski definition) is 3. The van der Waals surface area contributed by atoms with Gasteiger partial charge in [0.2, 0.25) is 0 Å². The van der Waals surface area contributed by atoms with Gasteiger partial charge < -0.3 is 4.74 Å². The predicted molar refractivity (Wildman–Crippen MR) is 119 cm³/mol. The van der Waals surface area contributed by atoms with Gasteiger partial charge in [-0.3, -0.25) is 9.59 Å². The second-order valence-electron chi connectivity index (χ2n) is 7.49. The van der Waals surface area contributed by atoms with Crippen molar-refractivity contribution in [3.05, 3.63) is 107 Å². The van der Waals surface area contributed by atoms with E-state index in [4.69, 9.17) is 4.74 Å². The van der Waals surface area contributed by atoms with Crippen LogP contribution >= 0.6 is 0 Å². The summed E-state index contributed by atoms with van der Waals surface area (Å²) in [7, 11) is 1.60. The molecule has 0 N–H and O–H groups in total. The van der Waals surface area contributed by atoms with E-state index in [1.165, 1.54) is 0 Å². The smallest absolute Gasteiger partial charge is 0.189 e. The third-order valence-electron chi connectivity index (χ3n) is 5.64. The Kier molecular flexibility index (Phi) is 5.89. The van der Waals surface area contributed by atoms with Crippen LogP contribution in [0.5, 0.6) is 5.75 Å². The highest BCUT2D eigenvalue weighted by Gasteiger charge is 2.24. The summed E-state index contributed by atoms with van der Waals surface area (Å²) < 4.78 is 5.19. The average Bonchev–Trinajstić information content (AvgIpc) is 2.97. The summed E-state index contributed by atoms with van der Waals surface area (Å²) in [6, 6.07) is 24.7. The second kappa shape index (κ2) is 8.91. The van der Waals surface area contributed by atoms with Crippen LogP contribution in [0, 0.1) is 0 Å². The second-order valence-corrected chi connectivity index (χ2v) is 7.49. The van der Waals surface area contributed by atoms with Crippen molar-refractivity contribution in [1.29, 1.82) is 0 Å².